The van der Waals surface area contributed by atoms with Crippen molar-refractivity contribution in [2.24, 2.45) is 5.84 Å². The summed E-state index contributed by atoms with van der Waals surface area (Å²) in [7, 11) is 0. The molecule has 0 aliphatic heterocycles. The Bertz CT molecular complexity index is 507. The Morgan fingerprint density at radius 1 is 1.41 bits per heavy atom. The van der Waals surface area contributed by atoms with Gasteiger partial charge in [-0.15, -0.1) is 11.3 Å². The number of rotatable bonds is 3. The molecule has 1 atom stereocenters. The molecule has 0 aliphatic carbocycles. The molecule has 17 heavy (non-hydrogen) atoms. The molecule has 3 N–H and O–H groups in total. The van der Waals surface area contributed by atoms with Crippen molar-refractivity contribution in [3.05, 3.63) is 55.9 Å². The van der Waals surface area contributed by atoms with Crippen LogP contribution in [0.1, 0.15) is 22.0 Å². The monoisotopic (exact) mass is 314 g/mol. The van der Waals surface area contributed by atoms with E-state index in [0.717, 1.165) is 10.4 Å². The smallest absolute Gasteiger partial charge is 0.129 e. The lowest BCUT2D eigenvalue weighted by Crippen LogP contribution is -2.30. The molecule has 0 spiro atoms. The van der Waals surface area contributed by atoms with Gasteiger partial charge in [0.25, 0.3) is 0 Å². The molecule has 1 unspecified atom stereocenters. The summed E-state index contributed by atoms with van der Waals surface area (Å²) in [4.78, 5) is 1.13. The average Bonchev–Trinajstić information content (AvgIpc) is 2.70. The molecule has 0 saturated heterocycles. The number of nitrogens with two attached hydrogens (primary N) is 1. The molecule has 2 nitrogen and oxygen atoms in total. The van der Waals surface area contributed by atoms with E-state index in [1.54, 1.807) is 17.4 Å². The van der Waals surface area contributed by atoms with Crippen LogP contribution >= 0.6 is 27.3 Å². The molecule has 0 saturated carbocycles. The zero-order chi connectivity index (χ0) is 12.4. The minimum atomic E-state index is -0.336. The number of hydrogen-bond donors (Lipinski definition) is 2. The van der Waals surface area contributed by atoms with E-state index in [1.165, 1.54) is 6.07 Å². The number of aryl methyl sites for hydroxylation is 1. The quantitative estimate of drug-likeness (QED) is 0.672. The van der Waals surface area contributed by atoms with E-state index in [0.29, 0.717) is 10.0 Å². The van der Waals surface area contributed by atoms with Gasteiger partial charge in [0.05, 0.1) is 6.04 Å². The summed E-state index contributed by atoms with van der Waals surface area (Å²) in [5.41, 5.74) is 4.22. The lowest BCUT2D eigenvalue weighted by molar-refractivity contribution is 0.557. The van der Waals surface area contributed by atoms with Gasteiger partial charge in [0.15, 0.2) is 0 Å². The summed E-state index contributed by atoms with van der Waals surface area (Å²) in [5.74, 6) is 5.30. The largest absolute Gasteiger partial charge is 0.271 e. The van der Waals surface area contributed by atoms with Crippen LogP contribution in [-0.2, 0) is 0 Å². The zero-order valence-corrected chi connectivity index (χ0v) is 11.6. The zero-order valence-electron chi connectivity index (χ0n) is 9.21. The Morgan fingerprint density at radius 3 is 2.71 bits per heavy atom. The van der Waals surface area contributed by atoms with E-state index in [1.807, 2.05) is 24.4 Å². The predicted octanol–water partition coefficient (Wildman–Crippen LogP) is 3.51. The highest BCUT2D eigenvalue weighted by molar-refractivity contribution is 9.10. The molecule has 1 aromatic carbocycles. The molecule has 90 valence electrons. The van der Waals surface area contributed by atoms with Gasteiger partial charge in [0.2, 0.25) is 0 Å². The second-order valence-corrected chi connectivity index (χ2v) is 5.64. The third-order valence-corrected chi connectivity index (χ3v) is 4.22. The maximum Gasteiger partial charge on any atom is 0.129 e. The molecule has 1 heterocycles. The molecular weight excluding hydrogens is 303 g/mol. The number of benzene rings is 1. The number of hydrogen-bond acceptors (Lipinski definition) is 3. The van der Waals surface area contributed by atoms with E-state index >= 15 is 0 Å². The number of hydrazine groups is 1. The Balaban J connectivity index is 2.53. The maximum absolute atomic E-state index is 13.9. The Hall–Kier alpha value is -0.750. The van der Waals surface area contributed by atoms with Crippen molar-refractivity contribution < 1.29 is 4.39 Å². The van der Waals surface area contributed by atoms with Crippen LogP contribution in [-0.4, -0.2) is 0 Å². The maximum atomic E-state index is 13.9. The van der Waals surface area contributed by atoms with Gasteiger partial charge in [-0.25, -0.2) is 9.82 Å². The number of thiophene rings is 1. The van der Waals surface area contributed by atoms with E-state index in [2.05, 4.69) is 21.4 Å². The van der Waals surface area contributed by atoms with E-state index in [9.17, 15) is 4.39 Å². The molecule has 0 aliphatic rings. The first-order valence-electron chi connectivity index (χ1n) is 5.09. The van der Waals surface area contributed by atoms with E-state index < -0.39 is 0 Å². The van der Waals surface area contributed by atoms with Crippen molar-refractivity contribution in [2.45, 2.75) is 13.0 Å². The van der Waals surface area contributed by atoms with Gasteiger partial charge in [-0.2, -0.15) is 0 Å². The van der Waals surface area contributed by atoms with Crippen molar-refractivity contribution in [3.63, 3.8) is 0 Å². The van der Waals surface area contributed by atoms with Gasteiger partial charge in [0, 0.05) is 14.9 Å². The summed E-state index contributed by atoms with van der Waals surface area (Å²) in [6.45, 7) is 2.00. The van der Waals surface area contributed by atoms with Crippen LogP contribution < -0.4 is 11.3 Å². The first kappa shape index (κ1) is 12.7. The first-order chi connectivity index (χ1) is 8.15. The molecule has 0 radical (unpaired) electrons. The van der Waals surface area contributed by atoms with E-state index in [4.69, 9.17) is 5.84 Å². The lowest BCUT2D eigenvalue weighted by Gasteiger charge is -2.18. The molecule has 0 fully saturated rings. The average molecular weight is 315 g/mol. The van der Waals surface area contributed by atoms with Crippen LogP contribution in [0.2, 0.25) is 0 Å². The van der Waals surface area contributed by atoms with Gasteiger partial charge >= 0.3 is 0 Å². The standard InChI is InChI=1S/C12H12BrFN2S/c1-7-8(5-6-17-7)12(16-15)11-9(13)3-2-4-10(11)14/h2-6,12,16H,15H2,1H3. The Labute approximate surface area is 112 Å². The van der Waals surface area contributed by atoms with Gasteiger partial charge < -0.3 is 0 Å². The summed E-state index contributed by atoms with van der Waals surface area (Å²) in [5, 5.41) is 1.98. The van der Waals surface area contributed by atoms with Gasteiger partial charge in [-0.1, -0.05) is 22.0 Å². The number of nitrogens with one attached hydrogen (secondary N) is 1. The second-order valence-electron chi connectivity index (χ2n) is 3.67. The molecule has 1 aromatic heterocycles. The van der Waals surface area contributed by atoms with Gasteiger partial charge in [0.1, 0.15) is 5.82 Å². The SMILES string of the molecule is Cc1sccc1C(NN)c1c(F)cccc1Br. The minimum absolute atomic E-state index is 0.270. The molecule has 0 amide bonds. The van der Waals surface area contributed by atoms with Crippen molar-refractivity contribution in [1.29, 1.82) is 0 Å². The van der Waals surface area contributed by atoms with Crippen molar-refractivity contribution in [1.82, 2.24) is 5.43 Å². The summed E-state index contributed by atoms with van der Waals surface area (Å²) in [6.07, 6.45) is 0. The highest BCUT2D eigenvalue weighted by Gasteiger charge is 2.21. The third kappa shape index (κ3) is 2.42. The Kier molecular flexibility index (Phi) is 3.93. The molecular formula is C12H12BrFN2S. The predicted molar refractivity (Wildman–Crippen MR) is 72.3 cm³/mol. The third-order valence-electron chi connectivity index (χ3n) is 2.66. The summed E-state index contributed by atoms with van der Waals surface area (Å²) < 4.78 is 14.6. The minimum Gasteiger partial charge on any atom is -0.271 e. The van der Waals surface area contributed by atoms with Crippen LogP contribution in [0.15, 0.2) is 34.1 Å². The molecule has 0 bridgehead atoms. The van der Waals surface area contributed by atoms with Crippen molar-refractivity contribution in [2.75, 3.05) is 0 Å². The van der Waals surface area contributed by atoms with Crippen molar-refractivity contribution >= 4 is 27.3 Å². The van der Waals surface area contributed by atoms with Gasteiger partial charge in [-0.3, -0.25) is 5.84 Å². The fourth-order valence-electron chi connectivity index (χ4n) is 1.81. The van der Waals surface area contributed by atoms with E-state index in [-0.39, 0.29) is 11.9 Å². The fraction of sp³-hybridized carbons (Fsp3) is 0.167. The fourth-order valence-corrected chi connectivity index (χ4v) is 3.12. The molecule has 2 aromatic rings. The summed E-state index contributed by atoms with van der Waals surface area (Å²) in [6, 6.07) is 6.54. The highest BCUT2D eigenvalue weighted by atomic mass is 79.9. The van der Waals surface area contributed by atoms with Crippen LogP contribution in [0.4, 0.5) is 4.39 Å². The Morgan fingerprint density at radius 2 is 2.18 bits per heavy atom. The van der Waals surface area contributed by atoms with Crippen LogP contribution in [0, 0.1) is 12.7 Å². The highest BCUT2D eigenvalue weighted by Crippen LogP contribution is 2.33. The lowest BCUT2D eigenvalue weighted by atomic mass is 9.99. The molecule has 2 rings (SSSR count). The van der Waals surface area contributed by atoms with Crippen LogP contribution in [0.5, 0.6) is 0 Å². The summed E-state index contributed by atoms with van der Waals surface area (Å²) >= 11 is 4.99. The normalized spacial score (nSPS) is 12.7. The number of halogens is 2. The second kappa shape index (κ2) is 5.27. The van der Waals surface area contributed by atoms with Gasteiger partial charge in [-0.05, 0) is 36.1 Å². The topological polar surface area (TPSA) is 38.0 Å². The van der Waals surface area contributed by atoms with Crippen molar-refractivity contribution in [3.8, 4) is 0 Å². The first-order valence-corrected chi connectivity index (χ1v) is 6.76. The molecule has 5 heteroatoms. The van der Waals surface area contributed by atoms with Crippen LogP contribution in [0.3, 0.4) is 0 Å². The van der Waals surface area contributed by atoms with Crippen LogP contribution in [0.25, 0.3) is 0 Å².